The van der Waals surface area contributed by atoms with Gasteiger partial charge in [-0.15, -0.1) is 0 Å². The normalized spacial score (nSPS) is 11.1. The highest BCUT2D eigenvalue weighted by Gasteiger charge is 2.12. The molecule has 3 aromatic rings. The molecule has 130 valence electrons. The number of carbonyl (C=O) groups excluding carboxylic acids is 1. The monoisotopic (exact) mass is 338 g/mol. The first-order valence-electron chi connectivity index (χ1n) is 8.33. The van der Waals surface area contributed by atoms with E-state index in [2.05, 4.69) is 32.6 Å². The molecule has 0 spiro atoms. The molecule has 0 aliphatic rings. The van der Waals surface area contributed by atoms with E-state index in [9.17, 15) is 4.79 Å². The van der Waals surface area contributed by atoms with Crippen molar-refractivity contribution in [3.8, 4) is 0 Å². The third kappa shape index (κ3) is 3.45. The number of benzene rings is 1. The smallest absolute Gasteiger partial charge is 0.226 e. The maximum atomic E-state index is 12.0. The van der Waals surface area contributed by atoms with Gasteiger partial charge >= 0.3 is 0 Å². The van der Waals surface area contributed by atoms with Crippen LogP contribution in [0.15, 0.2) is 30.7 Å². The van der Waals surface area contributed by atoms with Gasteiger partial charge in [0.2, 0.25) is 5.91 Å². The number of nitrogens with one attached hydrogen (secondary N) is 2. The second kappa shape index (κ2) is 6.88. The van der Waals surface area contributed by atoms with Crippen LogP contribution >= 0.6 is 0 Å². The molecule has 7 nitrogen and oxygen atoms in total. The summed E-state index contributed by atoms with van der Waals surface area (Å²) >= 11 is 0. The Bertz CT molecular complexity index is 915. The quantitative estimate of drug-likeness (QED) is 0.746. The molecule has 0 saturated carbocycles. The average Bonchev–Trinajstić information content (AvgIpc) is 2.98. The number of nitrogens with zero attached hydrogens (tertiary/aromatic N) is 4. The number of amides is 1. The highest BCUT2D eigenvalue weighted by atomic mass is 16.1. The Hall–Kier alpha value is -2.96. The van der Waals surface area contributed by atoms with Gasteiger partial charge < -0.3 is 10.6 Å². The minimum absolute atomic E-state index is 0.0169. The minimum Gasteiger partial charge on any atom is -0.340 e. The lowest BCUT2D eigenvalue weighted by Crippen LogP contribution is -2.18. The molecule has 25 heavy (non-hydrogen) atoms. The van der Waals surface area contributed by atoms with Crippen LogP contribution in [0.2, 0.25) is 0 Å². The number of hydrogen-bond acceptors (Lipinski definition) is 5. The Kier molecular flexibility index (Phi) is 4.65. The SMILES string of the molecule is CCc1cc(Nc2ncnc3c2cnn3C)ccc1NC(=O)C(C)C. The van der Waals surface area contributed by atoms with E-state index in [4.69, 9.17) is 0 Å². The maximum absolute atomic E-state index is 12.0. The van der Waals surface area contributed by atoms with E-state index in [-0.39, 0.29) is 11.8 Å². The van der Waals surface area contributed by atoms with E-state index >= 15 is 0 Å². The van der Waals surface area contributed by atoms with Gasteiger partial charge in [0.1, 0.15) is 12.1 Å². The summed E-state index contributed by atoms with van der Waals surface area (Å²) in [6, 6.07) is 5.88. The Morgan fingerprint density at radius 1 is 1.28 bits per heavy atom. The summed E-state index contributed by atoms with van der Waals surface area (Å²) in [4.78, 5) is 20.5. The van der Waals surface area contributed by atoms with Gasteiger partial charge in [-0.2, -0.15) is 5.10 Å². The van der Waals surface area contributed by atoms with Gasteiger partial charge in [-0.05, 0) is 30.2 Å². The van der Waals surface area contributed by atoms with Crippen molar-refractivity contribution >= 4 is 34.1 Å². The molecule has 1 aromatic carbocycles. The van der Waals surface area contributed by atoms with Crippen molar-refractivity contribution in [3.05, 3.63) is 36.3 Å². The largest absolute Gasteiger partial charge is 0.340 e. The average molecular weight is 338 g/mol. The zero-order valence-corrected chi connectivity index (χ0v) is 14.9. The summed E-state index contributed by atoms with van der Waals surface area (Å²) < 4.78 is 1.71. The lowest BCUT2D eigenvalue weighted by Gasteiger charge is -2.14. The Balaban J connectivity index is 1.89. The van der Waals surface area contributed by atoms with Gasteiger partial charge in [0, 0.05) is 24.3 Å². The molecule has 0 atom stereocenters. The Morgan fingerprint density at radius 2 is 2.08 bits per heavy atom. The molecule has 2 N–H and O–H groups in total. The predicted molar refractivity (Wildman–Crippen MR) is 98.9 cm³/mol. The van der Waals surface area contributed by atoms with Gasteiger partial charge in [0.15, 0.2) is 5.65 Å². The van der Waals surface area contributed by atoms with E-state index in [1.54, 1.807) is 10.9 Å². The first-order chi connectivity index (χ1) is 12.0. The molecule has 0 aliphatic carbocycles. The molecule has 2 heterocycles. The third-order valence-corrected chi connectivity index (χ3v) is 4.06. The van der Waals surface area contributed by atoms with Crippen molar-refractivity contribution in [3.63, 3.8) is 0 Å². The lowest BCUT2D eigenvalue weighted by atomic mass is 10.1. The van der Waals surface area contributed by atoms with Crippen LogP contribution in [0, 0.1) is 5.92 Å². The first-order valence-corrected chi connectivity index (χ1v) is 8.33. The summed E-state index contributed by atoms with van der Waals surface area (Å²) in [6.07, 6.45) is 4.08. The molecule has 2 aromatic heterocycles. The van der Waals surface area contributed by atoms with E-state index in [0.29, 0.717) is 5.82 Å². The number of carbonyl (C=O) groups is 1. The number of hydrogen-bond donors (Lipinski definition) is 2. The van der Waals surface area contributed by atoms with Crippen molar-refractivity contribution in [1.29, 1.82) is 0 Å². The topological polar surface area (TPSA) is 84.7 Å². The molecule has 7 heteroatoms. The van der Waals surface area contributed by atoms with Crippen molar-refractivity contribution in [2.24, 2.45) is 13.0 Å². The lowest BCUT2D eigenvalue weighted by molar-refractivity contribution is -0.118. The summed E-state index contributed by atoms with van der Waals surface area (Å²) in [5.74, 6) is 0.671. The molecule has 0 fully saturated rings. The summed E-state index contributed by atoms with van der Waals surface area (Å²) in [7, 11) is 1.85. The van der Waals surface area contributed by atoms with Crippen molar-refractivity contribution < 1.29 is 4.79 Å². The minimum atomic E-state index is -0.0533. The van der Waals surface area contributed by atoms with Crippen LogP contribution in [-0.4, -0.2) is 25.7 Å². The van der Waals surface area contributed by atoms with Gasteiger partial charge in [-0.3, -0.25) is 9.48 Å². The predicted octanol–water partition coefficient (Wildman–Crippen LogP) is 3.26. The molecule has 0 saturated heterocycles. The number of aryl methyl sites for hydroxylation is 2. The molecule has 0 bridgehead atoms. The second-order valence-corrected chi connectivity index (χ2v) is 6.22. The van der Waals surface area contributed by atoms with Crippen LogP contribution in [0.25, 0.3) is 11.0 Å². The van der Waals surface area contributed by atoms with Crippen LogP contribution in [0.3, 0.4) is 0 Å². The zero-order chi connectivity index (χ0) is 18.0. The van der Waals surface area contributed by atoms with Gasteiger partial charge in [0.05, 0.1) is 11.6 Å². The molecular formula is C18H22N6O. The van der Waals surface area contributed by atoms with Crippen LogP contribution in [0.1, 0.15) is 26.3 Å². The summed E-state index contributed by atoms with van der Waals surface area (Å²) in [6.45, 7) is 5.82. The molecule has 0 radical (unpaired) electrons. The standard InChI is InChI=1S/C18H22N6O/c1-5-12-8-13(6-7-15(12)23-18(25)11(2)3)22-16-14-9-21-24(4)17(14)20-10-19-16/h6-11H,5H2,1-4H3,(H,23,25)(H,19,20,22). The molecule has 3 rings (SSSR count). The number of aromatic nitrogens is 4. The highest BCUT2D eigenvalue weighted by molar-refractivity contribution is 5.93. The number of rotatable bonds is 5. The zero-order valence-electron chi connectivity index (χ0n) is 14.9. The van der Waals surface area contributed by atoms with Crippen LogP contribution in [0.4, 0.5) is 17.2 Å². The summed E-state index contributed by atoms with van der Waals surface area (Å²) in [5, 5.41) is 11.4. The van der Waals surface area contributed by atoms with E-state index in [1.807, 2.05) is 39.1 Å². The van der Waals surface area contributed by atoms with E-state index < -0.39 is 0 Å². The van der Waals surface area contributed by atoms with Gasteiger partial charge in [0.25, 0.3) is 0 Å². The van der Waals surface area contributed by atoms with Gasteiger partial charge in [-0.1, -0.05) is 20.8 Å². The van der Waals surface area contributed by atoms with Crippen molar-refractivity contribution in [2.75, 3.05) is 10.6 Å². The van der Waals surface area contributed by atoms with Crippen LogP contribution < -0.4 is 10.6 Å². The van der Waals surface area contributed by atoms with E-state index in [0.717, 1.165) is 34.4 Å². The Morgan fingerprint density at radius 3 is 2.80 bits per heavy atom. The fraction of sp³-hybridized carbons (Fsp3) is 0.333. The molecule has 1 amide bonds. The fourth-order valence-electron chi connectivity index (χ4n) is 2.56. The fourth-order valence-corrected chi connectivity index (χ4v) is 2.56. The maximum Gasteiger partial charge on any atom is 0.226 e. The van der Waals surface area contributed by atoms with Crippen LogP contribution in [-0.2, 0) is 18.3 Å². The number of fused-ring (bicyclic) bond motifs is 1. The second-order valence-electron chi connectivity index (χ2n) is 6.22. The molecule has 0 aliphatic heterocycles. The molecular weight excluding hydrogens is 316 g/mol. The Labute approximate surface area is 146 Å². The van der Waals surface area contributed by atoms with E-state index in [1.165, 1.54) is 6.33 Å². The molecule has 0 unspecified atom stereocenters. The number of anilines is 3. The first kappa shape index (κ1) is 16.9. The van der Waals surface area contributed by atoms with Crippen molar-refractivity contribution in [2.45, 2.75) is 27.2 Å². The van der Waals surface area contributed by atoms with Crippen LogP contribution in [0.5, 0.6) is 0 Å². The summed E-state index contributed by atoms with van der Waals surface area (Å²) in [5.41, 5.74) is 3.59. The third-order valence-electron chi connectivity index (χ3n) is 4.06. The highest BCUT2D eigenvalue weighted by Crippen LogP contribution is 2.26. The van der Waals surface area contributed by atoms with Gasteiger partial charge in [-0.25, -0.2) is 9.97 Å². The van der Waals surface area contributed by atoms with Crippen molar-refractivity contribution in [1.82, 2.24) is 19.7 Å².